The van der Waals surface area contributed by atoms with Crippen molar-refractivity contribution in [3.8, 4) is 0 Å². The van der Waals surface area contributed by atoms with Crippen molar-refractivity contribution in [2.24, 2.45) is 5.41 Å². The molecule has 104 valence electrons. The first kappa shape index (κ1) is 14.2. The summed E-state index contributed by atoms with van der Waals surface area (Å²) < 4.78 is 0. The third-order valence-corrected chi connectivity index (χ3v) is 4.44. The molecule has 0 aliphatic rings. The van der Waals surface area contributed by atoms with Crippen LogP contribution in [0, 0.1) is 5.41 Å². The Bertz CT molecular complexity index is 478. The van der Waals surface area contributed by atoms with E-state index in [1.165, 1.54) is 55.1 Å². The molecular formula is C18H27N. The molecule has 0 aliphatic heterocycles. The second-order valence-corrected chi connectivity index (χ2v) is 6.18. The Morgan fingerprint density at radius 3 is 2.58 bits per heavy atom. The predicted molar refractivity (Wildman–Crippen MR) is 84.5 cm³/mol. The second kappa shape index (κ2) is 6.27. The van der Waals surface area contributed by atoms with Gasteiger partial charge >= 0.3 is 0 Å². The second-order valence-electron chi connectivity index (χ2n) is 6.18. The first-order valence-corrected chi connectivity index (χ1v) is 7.73. The van der Waals surface area contributed by atoms with Gasteiger partial charge in [0.1, 0.15) is 0 Å². The largest absolute Gasteiger partial charge is 0.358 e. The molecule has 0 radical (unpaired) electrons. The first-order valence-electron chi connectivity index (χ1n) is 7.73. The van der Waals surface area contributed by atoms with Gasteiger partial charge in [-0.3, -0.25) is 0 Å². The average Bonchev–Trinajstić information content (AvgIpc) is 2.81. The van der Waals surface area contributed by atoms with Gasteiger partial charge in [0.15, 0.2) is 0 Å². The van der Waals surface area contributed by atoms with Crippen molar-refractivity contribution in [3.05, 3.63) is 36.0 Å². The summed E-state index contributed by atoms with van der Waals surface area (Å²) in [6.45, 7) is 7.05. The van der Waals surface area contributed by atoms with E-state index >= 15 is 0 Å². The maximum atomic E-state index is 3.58. The lowest BCUT2D eigenvalue weighted by molar-refractivity contribution is 0.269. The Morgan fingerprint density at radius 1 is 1.11 bits per heavy atom. The van der Waals surface area contributed by atoms with Crippen LogP contribution in [0.5, 0.6) is 0 Å². The maximum absolute atomic E-state index is 3.58. The molecule has 0 fully saturated rings. The zero-order valence-electron chi connectivity index (χ0n) is 12.6. The molecule has 2 aromatic rings. The van der Waals surface area contributed by atoms with Crippen LogP contribution in [0.1, 0.15) is 58.6 Å². The number of unbranched alkanes of at least 4 members (excludes halogenated alkanes) is 2. The SMILES string of the molecule is CCCCCC(C)(CC)Cc1cc2ccccc2[nH]1. The average molecular weight is 257 g/mol. The van der Waals surface area contributed by atoms with Crippen LogP contribution < -0.4 is 0 Å². The highest BCUT2D eigenvalue weighted by molar-refractivity contribution is 5.80. The molecule has 0 amide bonds. The van der Waals surface area contributed by atoms with Gasteiger partial charge in [0, 0.05) is 11.2 Å². The topological polar surface area (TPSA) is 15.8 Å². The van der Waals surface area contributed by atoms with Gasteiger partial charge in [-0.1, -0.05) is 64.7 Å². The number of para-hydroxylation sites is 1. The van der Waals surface area contributed by atoms with E-state index in [4.69, 9.17) is 0 Å². The molecule has 0 bridgehead atoms. The van der Waals surface area contributed by atoms with E-state index in [1.807, 2.05) is 0 Å². The van der Waals surface area contributed by atoms with Gasteiger partial charge in [-0.05, 0) is 35.8 Å². The van der Waals surface area contributed by atoms with E-state index in [0.29, 0.717) is 5.41 Å². The van der Waals surface area contributed by atoms with Crippen molar-refractivity contribution < 1.29 is 0 Å². The van der Waals surface area contributed by atoms with Gasteiger partial charge in [0.05, 0.1) is 0 Å². The summed E-state index contributed by atoms with van der Waals surface area (Å²) in [6, 6.07) is 10.9. The highest BCUT2D eigenvalue weighted by Gasteiger charge is 2.22. The molecule has 1 N–H and O–H groups in total. The Hall–Kier alpha value is -1.24. The summed E-state index contributed by atoms with van der Waals surface area (Å²) in [5.41, 5.74) is 3.10. The molecule has 19 heavy (non-hydrogen) atoms. The zero-order valence-corrected chi connectivity index (χ0v) is 12.6. The number of aromatic amines is 1. The molecule has 1 aromatic heterocycles. The highest BCUT2D eigenvalue weighted by atomic mass is 14.7. The lowest BCUT2D eigenvalue weighted by atomic mass is 9.78. The maximum Gasteiger partial charge on any atom is 0.0456 e. The summed E-state index contributed by atoms with van der Waals surface area (Å²) in [5, 5.41) is 1.34. The van der Waals surface area contributed by atoms with Gasteiger partial charge in [0.2, 0.25) is 0 Å². The molecule has 0 saturated carbocycles. The van der Waals surface area contributed by atoms with Gasteiger partial charge < -0.3 is 4.98 Å². The van der Waals surface area contributed by atoms with Gasteiger partial charge in [-0.2, -0.15) is 0 Å². The molecule has 1 heterocycles. The fourth-order valence-corrected chi connectivity index (χ4v) is 2.88. The predicted octanol–water partition coefficient (Wildman–Crippen LogP) is 5.71. The van der Waals surface area contributed by atoms with E-state index in [-0.39, 0.29) is 0 Å². The van der Waals surface area contributed by atoms with Crippen molar-refractivity contribution in [1.29, 1.82) is 0 Å². The highest BCUT2D eigenvalue weighted by Crippen LogP contribution is 2.33. The van der Waals surface area contributed by atoms with Crippen LogP contribution in [0.15, 0.2) is 30.3 Å². The van der Waals surface area contributed by atoms with E-state index in [2.05, 4.69) is 56.1 Å². The summed E-state index contributed by atoms with van der Waals surface area (Å²) in [6.07, 6.45) is 7.80. The van der Waals surface area contributed by atoms with Crippen molar-refractivity contribution in [1.82, 2.24) is 4.98 Å². The third kappa shape index (κ3) is 3.62. The van der Waals surface area contributed by atoms with Gasteiger partial charge in [0.25, 0.3) is 0 Å². The van der Waals surface area contributed by atoms with E-state index < -0.39 is 0 Å². The molecule has 1 aromatic carbocycles. The van der Waals surface area contributed by atoms with E-state index in [9.17, 15) is 0 Å². The smallest absolute Gasteiger partial charge is 0.0456 e. The number of H-pyrrole nitrogens is 1. The summed E-state index contributed by atoms with van der Waals surface area (Å²) in [7, 11) is 0. The number of nitrogens with one attached hydrogen (secondary N) is 1. The summed E-state index contributed by atoms with van der Waals surface area (Å²) in [4.78, 5) is 3.58. The first-order chi connectivity index (χ1) is 9.17. The molecule has 1 unspecified atom stereocenters. The third-order valence-electron chi connectivity index (χ3n) is 4.44. The standard InChI is InChI=1S/C18H27N/c1-4-6-9-12-18(3,5-2)14-16-13-15-10-7-8-11-17(15)19-16/h7-8,10-11,13,19H,4-6,9,12,14H2,1-3H3. The fourth-order valence-electron chi connectivity index (χ4n) is 2.88. The number of rotatable bonds is 7. The Morgan fingerprint density at radius 2 is 1.89 bits per heavy atom. The minimum absolute atomic E-state index is 0.441. The zero-order chi connectivity index (χ0) is 13.7. The van der Waals surface area contributed by atoms with Crippen LogP contribution in [-0.2, 0) is 6.42 Å². The van der Waals surface area contributed by atoms with Crippen molar-refractivity contribution >= 4 is 10.9 Å². The van der Waals surface area contributed by atoms with Crippen molar-refractivity contribution in [3.63, 3.8) is 0 Å². The number of hydrogen-bond donors (Lipinski definition) is 1. The minimum atomic E-state index is 0.441. The van der Waals surface area contributed by atoms with Crippen LogP contribution in [0.3, 0.4) is 0 Å². The number of benzene rings is 1. The summed E-state index contributed by atoms with van der Waals surface area (Å²) in [5.74, 6) is 0. The number of fused-ring (bicyclic) bond motifs is 1. The molecule has 0 spiro atoms. The van der Waals surface area contributed by atoms with Crippen molar-refractivity contribution in [2.45, 2.75) is 59.3 Å². The van der Waals surface area contributed by atoms with Crippen LogP contribution in [-0.4, -0.2) is 4.98 Å². The Kier molecular flexibility index (Phi) is 4.68. The molecule has 1 nitrogen and oxygen atoms in total. The molecular weight excluding hydrogens is 230 g/mol. The van der Waals surface area contributed by atoms with Crippen LogP contribution >= 0.6 is 0 Å². The lowest BCUT2D eigenvalue weighted by Crippen LogP contribution is -2.18. The van der Waals surface area contributed by atoms with Gasteiger partial charge in [-0.15, -0.1) is 0 Å². The minimum Gasteiger partial charge on any atom is -0.358 e. The molecule has 2 rings (SSSR count). The normalized spacial score (nSPS) is 14.7. The van der Waals surface area contributed by atoms with E-state index in [0.717, 1.165) is 0 Å². The van der Waals surface area contributed by atoms with Crippen molar-refractivity contribution in [2.75, 3.05) is 0 Å². The molecule has 1 heteroatoms. The van der Waals surface area contributed by atoms with E-state index in [1.54, 1.807) is 0 Å². The molecule has 0 saturated heterocycles. The number of hydrogen-bond acceptors (Lipinski definition) is 0. The molecule has 0 aliphatic carbocycles. The van der Waals surface area contributed by atoms with Crippen LogP contribution in [0.2, 0.25) is 0 Å². The quantitative estimate of drug-likeness (QED) is 0.612. The summed E-state index contributed by atoms with van der Waals surface area (Å²) >= 11 is 0. The van der Waals surface area contributed by atoms with Gasteiger partial charge in [-0.25, -0.2) is 0 Å². The monoisotopic (exact) mass is 257 g/mol. The lowest BCUT2D eigenvalue weighted by Gasteiger charge is -2.28. The Labute approximate surface area is 117 Å². The fraction of sp³-hybridized carbons (Fsp3) is 0.556. The molecule has 1 atom stereocenters. The number of aromatic nitrogens is 1. The van der Waals surface area contributed by atoms with Crippen LogP contribution in [0.25, 0.3) is 10.9 Å². The Balaban J connectivity index is 2.08. The van der Waals surface area contributed by atoms with Crippen LogP contribution in [0.4, 0.5) is 0 Å².